The second-order valence-corrected chi connectivity index (χ2v) is 7.34. The minimum absolute atomic E-state index is 0.00875. The van der Waals surface area contributed by atoms with Gasteiger partial charge in [0, 0.05) is 23.1 Å². The van der Waals surface area contributed by atoms with Crippen molar-refractivity contribution >= 4 is 34.4 Å². The van der Waals surface area contributed by atoms with E-state index >= 15 is 0 Å². The molecule has 32 heavy (non-hydrogen) atoms. The summed E-state index contributed by atoms with van der Waals surface area (Å²) < 4.78 is 7.36. The molecule has 0 saturated carbocycles. The number of carbonyl (C=O) groups excluding carboxylic acids is 1. The van der Waals surface area contributed by atoms with Gasteiger partial charge in [-0.2, -0.15) is 0 Å². The molecular formula is C22H18ClN5O4. The average Bonchev–Trinajstić information content (AvgIpc) is 2.79. The lowest BCUT2D eigenvalue weighted by molar-refractivity contribution is -0.116. The van der Waals surface area contributed by atoms with Gasteiger partial charge in [-0.15, -0.1) is 0 Å². The van der Waals surface area contributed by atoms with Crippen molar-refractivity contribution in [3.05, 3.63) is 92.3 Å². The van der Waals surface area contributed by atoms with Crippen LogP contribution in [0.3, 0.4) is 0 Å². The number of amides is 1. The van der Waals surface area contributed by atoms with E-state index in [4.69, 9.17) is 16.3 Å². The van der Waals surface area contributed by atoms with Crippen LogP contribution in [0.2, 0.25) is 5.02 Å². The molecule has 2 aromatic carbocycles. The molecule has 0 unspecified atom stereocenters. The van der Waals surface area contributed by atoms with Gasteiger partial charge in [0.15, 0.2) is 11.2 Å². The third-order valence-corrected chi connectivity index (χ3v) is 4.96. The molecule has 1 N–H and O–H groups in total. The number of carbonyl (C=O) groups is 1. The number of anilines is 1. The topological polar surface area (TPSA) is 108 Å². The Kier molecular flexibility index (Phi) is 6.00. The average molecular weight is 452 g/mol. The van der Waals surface area contributed by atoms with Gasteiger partial charge < -0.3 is 10.1 Å². The fourth-order valence-electron chi connectivity index (χ4n) is 3.28. The predicted molar refractivity (Wildman–Crippen MR) is 120 cm³/mol. The molecule has 0 aliphatic rings. The van der Waals surface area contributed by atoms with E-state index in [-0.39, 0.29) is 24.3 Å². The first-order valence-corrected chi connectivity index (χ1v) is 9.97. The maximum Gasteiger partial charge on any atom is 0.333 e. The highest BCUT2D eigenvalue weighted by molar-refractivity contribution is 6.30. The number of aromatic nitrogens is 4. The van der Waals surface area contributed by atoms with Gasteiger partial charge in [0.2, 0.25) is 5.91 Å². The first kappa shape index (κ1) is 21.3. The van der Waals surface area contributed by atoms with Crippen molar-refractivity contribution in [3.63, 3.8) is 0 Å². The van der Waals surface area contributed by atoms with E-state index in [1.807, 2.05) is 0 Å². The highest BCUT2D eigenvalue weighted by Crippen LogP contribution is 2.15. The van der Waals surface area contributed by atoms with E-state index in [1.54, 1.807) is 48.5 Å². The molecule has 162 valence electrons. The minimum atomic E-state index is -0.674. The van der Waals surface area contributed by atoms with Crippen molar-refractivity contribution in [1.82, 2.24) is 19.1 Å². The Hall–Kier alpha value is -3.98. The van der Waals surface area contributed by atoms with Crippen LogP contribution < -0.4 is 21.3 Å². The molecule has 4 aromatic rings. The fourth-order valence-corrected chi connectivity index (χ4v) is 3.47. The number of halogens is 1. The lowest BCUT2D eigenvalue weighted by Crippen LogP contribution is -2.42. The highest BCUT2D eigenvalue weighted by atomic mass is 35.5. The zero-order valence-electron chi connectivity index (χ0n) is 17.0. The van der Waals surface area contributed by atoms with Crippen LogP contribution in [0.5, 0.6) is 5.75 Å². The summed E-state index contributed by atoms with van der Waals surface area (Å²) in [7, 11) is 1.53. The molecule has 0 fully saturated rings. The van der Waals surface area contributed by atoms with Gasteiger partial charge >= 0.3 is 5.69 Å². The third-order valence-electron chi connectivity index (χ3n) is 4.73. The fraction of sp³-hybridized carbons (Fsp3) is 0.136. The number of ether oxygens (including phenoxy) is 1. The molecule has 0 bridgehead atoms. The molecular weight excluding hydrogens is 434 g/mol. The van der Waals surface area contributed by atoms with Crippen molar-refractivity contribution in [2.75, 3.05) is 12.4 Å². The summed E-state index contributed by atoms with van der Waals surface area (Å²) in [6.45, 7) is -0.379. The van der Waals surface area contributed by atoms with Crippen molar-refractivity contribution in [2.24, 2.45) is 0 Å². The number of fused-ring (bicyclic) bond motifs is 1. The van der Waals surface area contributed by atoms with Gasteiger partial charge in [-0.3, -0.25) is 18.7 Å². The van der Waals surface area contributed by atoms with E-state index in [0.717, 1.165) is 9.13 Å². The molecule has 1 amide bonds. The summed E-state index contributed by atoms with van der Waals surface area (Å²) in [4.78, 5) is 47.1. The standard InChI is InChI=1S/C22H18ClN5O4/c1-32-17-7-2-4-14(10-17)12-28-21(30)19-20(25-9-8-24-19)27(22(28)31)13-18(29)26-16-6-3-5-15(23)11-16/h2-11H,12-13H2,1H3,(H,26,29). The first-order valence-electron chi connectivity index (χ1n) is 9.59. The summed E-state index contributed by atoms with van der Waals surface area (Å²) in [5.41, 5.74) is -0.0759. The molecule has 0 saturated heterocycles. The molecule has 2 heterocycles. The summed E-state index contributed by atoms with van der Waals surface area (Å²) >= 11 is 5.96. The second-order valence-electron chi connectivity index (χ2n) is 6.90. The molecule has 2 aromatic heterocycles. The summed E-state index contributed by atoms with van der Waals surface area (Å²) in [6.07, 6.45) is 2.72. The zero-order chi connectivity index (χ0) is 22.7. The Balaban J connectivity index is 1.75. The highest BCUT2D eigenvalue weighted by Gasteiger charge is 2.18. The molecule has 0 spiro atoms. The summed E-state index contributed by atoms with van der Waals surface area (Å²) in [5.74, 6) is 0.116. The first-order chi connectivity index (χ1) is 15.5. The molecule has 0 aliphatic heterocycles. The molecule has 0 radical (unpaired) electrons. The molecule has 9 nitrogen and oxygen atoms in total. The van der Waals surface area contributed by atoms with Crippen LogP contribution in [0, 0.1) is 0 Å². The minimum Gasteiger partial charge on any atom is -0.497 e. The molecule has 0 aliphatic carbocycles. The van der Waals surface area contributed by atoms with Crippen LogP contribution in [-0.2, 0) is 17.9 Å². The smallest absolute Gasteiger partial charge is 0.333 e. The van der Waals surface area contributed by atoms with Gasteiger partial charge in [0.25, 0.3) is 5.56 Å². The van der Waals surface area contributed by atoms with Crippen molar-refractivity contribution in [2.45, 2.75) is 13.1 Å². The Morgan fingerprint density at radius 2 is 1.84 bits per heavy atom. The number of hydrogen-bond acceptors (Lipinski definition) is 6. The predicted octanol–water partition coefficient (Wildman–Crippen LogP) is 2.30. The van der Waals surface area contributed by atoms with E-state index in [0.29, 0.717) is 22.0 Å². The largest absolute Gasteiger partial charge is 0.497 e. The van der Waals surface area contributed by atoms with Gasteiger partial charge in [0.05, 0.1) is 13.7 Å². The zero-order valence-corrected chi connectivity index (χ0v) is 17.7. The SMILES string of the molecule is COc1cccc(Cn2c(=O)c3nccnc3n(CC(=O)Nc3cccc(Cl)c3)c2=O)c1. The number of hydrogen-bond donors (Lipinski definition) is 1. The summed E-state index contributed by atoms with van der Waals surface area (Å²) in [5, 5.41) is 3.15. The Morgan fingerprint density at radius 3 is 2.62 bits per heavy atom. The maximum atomic E-state index is 13.2. The molecule has 0 atom stereocenters. The van der Waals surface area contributed by atoms with Crippen LogP contribution in [0.15, 0.2) is 70.5 Å². The van der Waals surface area contributed by atoms with E-state index in [2.05, 4.69) is 15.3 Å². The number of nitrogens with zero attached hydrogens (tertiary/aromatic N) is 4. The lowest BCUT2D eigenvalue weighted by Gasteiger charge is -2.13. The monoisotopic (exact) mass is 451 g/mol. The van der Waals surface area contributed by atoms with Crippen molar-refractivity contribution < 1.29 is 9.53 Å². The second kappa shape index (κ2) is 9.03. The Bertz CT molecular complexity index is 1430. The number of benzene rings is 2. The normalized spacial score (nSPS) is 10.8. The van der Waals surface area contributed by atoms with E-state index in [1.165, 1.54) is 19.5 Å². The number of nitrogens with one attached hydrogen (secondary N) is 1. The van der Waals surface area contributed by atoms with Crippen LogP contribution >= 0.6 is 11.6 Å². The van der Waals surface area contributed by atoms with Crippen molar-refractivity contribution in [1.29, 1.82) is 0 Å². The van der Waals surface area contributed by atoms with Crippen LogP contribution in [0.1, 0.15) is 5.56 Å². The lowest BCUT2D eigenvalue weighted by atomic mass is 10.2. The van der Waals surface area contributed by atoms with Crippen LogP contribution in [0.4, 0.5) is 5.69 Å². The molecule has 10 heteroatoms. The van der Waals surface area contributed by atoms with Gasteiger partial charge in [0.1, 0.15) is 12.3 Å². The van der Waals surface area contributed by atoms with E-state index < -0.39 is 17.2 Å². The van der Waals surface area contributed by atoms with Crippen LogP contribution in [0.25, 0.3) is 11.2 Å². The quantitative estimate of drug-likeness (QED) is 0.482. The Labute approximate surface area is 186 Å². The van der Waals surface area contributed by atoms with E-state index in [9.17, 15) is 14.4 Å². The van der Waals surface area contributed by atoms with Gasteiger partial charge in [-0.1, -0.05) is 29.8 Å². The Morgan fingerprint density at radius 1 is 1.06 bits per heavy atom. The van der Waals surface area contributed by atoms with Crippen LogP contribution in [-0.4, -0.2) is 32.1 Å². The van der Waals surface area contributed by atoms with Gasteiger partial charge in [-0.05, 0) is 35.9 Å². The third kappa shape index (κ3) is 4.37. The van der Waals surface area contributed by atoms with Crippen molar-refractivity contribution in [3.8, 4) is 5.75 Å². The maximum absolute atomic E-state index is 13.2. The molecule has 4 rings (SSSR count). The number of methoxy groups -OCH3 is 1. The number of rotatable bonds is 6. The van der Waals surface area contributed by atoms with Gasteiger partial charge in [-0.25, -0.2) is 14.8 Å². The summed E-state index contributed by atoms with van der Waals surface area (Å²) in [6, 6.07) is 13.7.